The number of aryl methyl sites for hydroxylation is 1. The Morgan fingerprint density at radius 2 is 2.28 bits per heavy atom. The van der Waals surface area contributed by atoms with Crippen LogP contribution in [-0.2, 0) is 5.75 Å². The van der Waals surface area contributed by atoms with Gasteiger partial charge < -0.3 is 5.32 Å². The fourth-order valence-corrected chi connectivity index (χ4v) is 2.07. The molecule has 2 N–H and O–H groups in total. The van der Waals surface area contributed by atoms with Gasteiger partial charge in [-0.25, -0.2) is 15.0 Å². The van der Waals surface area contributed by atoms with Crippen molar-refractivity contribution in [3.63, 3.8) is 0 Å². The molecule has 0 atom stereocenters. The van der Waals surface area contributed by atoms with Crippen molar-refractivity contribution in [1.29, 1.82) is 0 Å². The Morgan fingerprint density at radius 1 is 1.39 bits per heavy atom. The summed E-state index contributed by atoms with van der Waals surface area (Å²) in [7, 11) is 0. The van der Waals surface area contributed by atoms with Crippen LogP contribution in [0.5, 0.6) is 0 Å². The topological polar surface area (TPSA) is 79.4 Å². The number of nitrogens with zero attached hydrogens (tertiary/aromatic N) is 4. The number of hydrogen-bond acceptors (Lipinski definition) is 6. The lowest BCUT2D eigenvalue weighted by molar-refractivity contribution is 0.942. The first-order valence-electron chi connectivity index (χ1n) is 5.85. The fraction of sp³-hybridized carbons (Fsp3) is 0.455. The number of anilines is 1. The molecule has 2 aromatic heterocycles. The smallest absolute Gasteiger partial charge is 0.222 e. The summed E-state index contributed by atoms with van der Waals surface area (Å²) in [5.74, 6) is 2.24. The largest absolute Gasteiger partial charge is 0.354 e. The van der Waals surface area contributed by atoms with Crippen molar-refractivity contribution in [3.05, 3.63) is 23.8 Å². The third-order valence-electron chi connectivity index (χ3n) is 2.17. The van der Waals surface area contributed by atoms with Crippen molar-refractivity contribution >= 4 is 17.7 Å². The van der Waals surface area contributed by atoms with Crippen molar-refractivity contribution in [1.82, 2.24) is 25.1 Å². The average Bonchev–Trinajstić information content (AvgIpc) is 2.80. The molecule has 0 aliphatic carbocycles. The summed E-state index contributed by atoms with van der Waals surface area (Å²) in [6.07, 6.45) is 2.82. The van der Waals surface area contributed by atoms with Crippen molar-refractivity contribution in [2.45, 2.75) is 31.2 Å². The zero-order valence-corrected chi connectivity index (χ0v) is 11.3. The van der Waals surface area contributed by atoms with E-state index in [0.29, 0.717) is 5.95 Å². The number of aromatic amines is 1. The third-order valence-corrected chi connectivity index (χ3v) is 3.05. The van der Waals surface area contributed by atoms with E-state index in [1.807, 2.05) is 13.0 Å². The van der Waals surface area contributed by atoms with E-state index in [2.05, 4.69) is 37.4 Å². The van der Waals surface area contributed by atoms with Crippen LogP contribution in [0.3, 0.4) is 0 Å². The normalized spacial score (nSPS) is 10.6. The Balaban J connectivity index is 1.92. The van der Waals surface area contributed by atoms with Crippen LogP contribution in [0.4, 0.5) is 5.95 Å². The second-order valence-electron chi connectivity index (χ2n) is 3.79. The van der Waals surface area contributed by atoms with Crippen LogP contribution in [0.2, 0.25) is 0 Å². The molecule has 7 heteroatoms. The summed E-state index contributed by atoms with van der Waals surface area (Å²) in [5.41, 5.74) is 0.969. The van der Waals surface area contributed by atoms with E-state index < -0.39 is 0 Å². The van der Waals surface area contributed by atoms with Gasteiger partial charge >= 0.3 is 0 Å². The average molecular weight is 264 g/mol. The maximum atomic E-state index is 4.42. The Bertz CT molecular complexity index is 498. The molecule has 0 aliphatic heterocycles. The van der Waals surface area contributed by atoms with Gasteiger partial charge in [0.2, 0.25) is 11.1 Å². The van der Waals surface area contributed by atoms with Gasteiger partial charge in [0.25, 0.3) is 0 Å². The molecule has 0 saturated heterocycles. The summed E-state index contributed by atoms with van der Waals surface area (Å²) < 4.78 is 0. The van der Waals surface area contributed by atoms with Crippen molar-refractivity contribution in [3.8, 4) is 0 Å². The molecule has 96 valence electrons. The van der Waals surface area contributed by atoms with Gasteiger partial charge in [-0.2, -0.15) is 0 Å². The molecule has 0 radical (unpaired) electrons. The highest BCUT2D eigenvalue weighted by Crippen LogP contribution is 2.17. The highest BCUT2D eigenvalue weighted by atomic mass is 32.2. The van der Waals surface area contributed by atoms with Crippen molar-refractivity contribution in [2.75, 3.05) is 11.9 Å². The minimum absolute atomic E-state index is 0.682. The first-order valence-corrected chi connectivity index (χ1v) is 6.84. The standard InChI is InChI=1S/C11H16N6S/c1-3-5-12-10-13-6-4-9(15-10)7-18-11-14-8(2)16-17-11/h4,6H,3,5,7H2,1-2H3,(H,12,13,15)(H,14,16,17). The second-order valence-corrected chi connectivity index (χ2v) is 4.73. The highest BCUT2D eigenvalue weighted by Gasteiger charge is 2.03. The predicted molar refractivity (Wildman–Crippen MR) is 71.5 cm³/mol. The van der Waals surface area contributed by atoms with E-state index >= 15 is 0 Å². The third kappa shape index (κ3) is 3.69. The first kappa shape index (κ1) is 12.8. The fourth-order valence-electron chi connectivity index (χ4n) is 1.32. The number of aromatic nitrogens is 5. The highest BCUT2D eigenvalue weighted by molar-refractivity contribution is 7.98. The van der Waals surface area contributed by atoms with E-state index in [9.17, 15) is 0 Å². The first-order chi connectivity index (χ1) is 8.78. The Kier molecular flexibility index (Phi) is 4.52. The van der Waals surface area contributed by atoms with Crippen LogP contribution in [0.25, 0.3) is 0 Å². The van der Waals surface area contributed by atoms with E-state index in [1.54, 1.807) is 18.0 Å². The second kappa shape index (κ2) is 6.34. The van der Waals surface area contributed by atoms with Gasteiger partial charge in [0.15, 0.2) is 0 Å². The maximum absolute atomic E-state index is 4.42. The van der Waals surface area contributed by atoms with Gasteiger partial charge in [-0.3, -0.25) is 5.10 Å². The Morgan fingerprint density at radius 3 is 3.00 bits per heavy atom. The minimum Gasteiger partial charge on any atom is -0.354 e. The molecular weight excluding hydrogens is 248 g/mol. The monoisotopic (exact) mass is 264 g/mol. The van der Waals surface area contributed by atoms with E-state index in [1.165, 1.54) is 0 Å². The molecule has 0 aromatic carbocycles. The molecule has 0 bridgehead atoms. The molecule has 18 heavy (non-hydrogen) atoms. The molecule has 0 amide bonds. The van der Waals surface area contributed by atoms with E-state index in [4.69, 9.17) is 0 Å². The number of rotatable bonds is 6. The molecule has 6 nitrogen and oxygen atoms in total. The zero-order chi connectivity index (χ0) is 12.8. The Labute approximate surface area is 110 Å². The van der Waals surface area contributed by atoms with Gasteiger partial charge in [0, 0.05) is 18.5 Å². The van der Waals surface area contributed by atoms with Crippen LogP contribution >= 0.6 is 11.8 Å². The molecular formula is C11H16N6S. The van der Waals surface area contributed by atoms with Gasteiger partial charge in [-0.15, -0.1) is 5.10 Å². The molecule has 0 fully saturated rings. The summed E-state index contributed by atoms with van der Waals surface area (Å²) in [6, 6.07) is 1.91. The van der Waals surface area contributed by atoms with E-state index in [0.717, 1.165) is 35.4 Å². The number of nitrogens with one attached hydrogen (secondary N) is 2. The molecule has 0 saturated carbocycles. The van der Waals surface area contributed by atoms with Crippen molar-refractivity contribution in [2.24, 2.45) is 0 Å². The number of hydrogen-bond donors (Lipinski definition) is 2. The SMILES string of the molecule is CCCNc1nccc(CSc2n[nH]c(C)n2)n1. The van der Waals surface area contributed by atoms with Gasteiger partial charge in [0.05, 0.1) is 5.69 Å². The maximum Gasteiger partial charge on any atom is 0.222 e. The lowest BCUT2D eigenvalue weighted by Crippen LogP contribution is -2.05. The quantitative estimate of drug-likeness (QED) is 0.777. The Hall–Kier alpha value is -1.63. The summed E-state index contributed by atoms with van der Waals surface area (Å²) in [4.78, 5) is 12.8. The molecule has 2 aromatic rings. The predicted octanol–water partition coefficient (Wildman–Crippen LogP) is 2.02. The molecule has 0 spiro atoms. The molecule has 0 aliphatic rings. The van der Waals surface area contributed by atoms with Gasteiger partial charge in [0.1, 0.15) is 5.82 Å². The lowest BCUT2D eigenvalue weighted by Gasteiger charge is -2.04. The summed E-state index contributed by atoms with van der Waals surface area (Å²) in [6.45, 7) is 4.88. The van der Waals surface area contributed by atoms with Crippen LogP contribution < -0.4 is 5.32 Å². The molecule has 2 heterocycles. The number of thioether (sulfide) groups is 1. The molecule has 2 rings (SSSR count). The van der Waals surface area contributed by atoms with Gasteiger partial charge in [-0.1, -0.05) is 18.7 Å². The van der Waals surface area contributed by atoms with Gasteiger partial charge in [-0.05, 0) is 19.4 Å². The van der Waals surface area contributed by atoms with Crippen molar-refractivity contribution < 1.29 is 0 Å². The summed E-state index contributed by atoms with van der Waals surface area (Å²) >= 11 is 1.56. The molecule has 0 unspecified atom stereocenters. The minimum atomic E-state index is 0.682. The van der Waals surface area contributed by atoms with E-state index in [-0.39, 0.29) is 0 Å². The van der Waals surface area contributed by atoms with Crippen LogP contribution in [-0.4, -0.2) is 31.7 Å². The summed E-state index contributed by atoms with van der Waals surface area (Å²) in [5, 5.41) is 10.8. The van der Waals surface area contributed by atoms with Crippen LogP contribution in [0.15, 0.2) is 17.4 Å². The zero-order valence-electron chi connectivity index (χ0n) is 10.5. The number of H-pyrrole nitrogens is 1. The lowest BCUT2D eigenvalue weighted by atomic mass is 10.4. The van der Waals surface area contributed by atoms with Crippen LogP contribution in [0.1, 0.15) is 24.9 Å². The van der Waals surface area contributed by atoms with Crippen LogP contribution in [0, 0.1) is 6.92 Å².